The fourth-order valence-electron chi connectivity index (χ4n) is 2.28. The average Bonchev–Trinajstić information content (AvgIpc) is 3.23. The van der Waals surface area contributed by atoms with Crippen molar-refractivity contribution in [2.75, 3.05) is 7.11 Å². The minimum Gasteiger partial charge on any atom is -0.494 e. The van der Waals surface area contributed by atoms with E-state index in [9.17, 15) is 0 Å². The summed E-state index contributed by atoms with van der Waals surface area (Å²) >= 11 is 1.45. The van der Waals surface area contributed by atoms with E-state index >= 15 is 0 Å². The van der Waals surface area contributed by atoms with E-state index in [2.05, 4.69) is 25.7 Å². The van der Waals surface area contributed by atoms with Gasteiger partial charge >= 0.3 is 0 Å². The molecule has 1 aromatic carbocycles. The molecule has 0 bridgehead atoms. The fourth-order valence-corrected chi connectivity index (χ4v) is 3.11. The lowest BCUT2D eigenvalue weighted by atomic mass is 9.96. The number of hydrogen-bond donors (Lipinski definition) is 0. The molecule has 3 aromatic rings. The van der Waals surface area contributed by atoms with Crippen molar-refractivity contribution in [2.24, 2.45) is 0 Å². The van der Waals surface area contributed by atoms with E-state index in [0.717, 1.165) is 11.3 Å². The van der Waals surface area contributed by atoms with Crippen molar-refractivity contribution < 1.29 is 9.26 Å². The standard InChI is InChI=1S/C17H22N6O2S/c1-10-7-8-13(24-6)12(9-10)23-16(19-21-22-23)26-11(2)14-18-15(20-25-14)17(3,4)5/h7-9,11H,1-6H3. The van der Waals surface area contributed by atoms with Gasteiger partial charge in [-0.3, -0.25) is 0 Å². The molecule has 0 fully saturated rings. The maximum absolute atomic E-state index is 5.44. The van der Waals surface area contributed by atoms with Gasteiger partial charge in [0, 0.05) is 5.41 Å². The first-order valence-electron chi connectivity index (χ1n) is 8.23. The molecule has 2 aromatic heterocycles. The van der Waals surface area contributed by atoms with Crippen molar-refractivity contribution in [2.45, 2.75) is 50.4 Å². The van der Waals surface area contributed by atoms with E-state index in [-0.39, 0.29) is 10.7 Å². The summed E-state index contributed by atoms with van der Waals surface area (Å²) in [5.41, 5.74) is 1.71. The first-order chi connectivity index (χ1) is 12.3. The monoisotopic (exact) mass is 374 g/mol. The van der Waals surface area contributed by atoms with Crippen LogP contribution >= 0.6 is 11.8 Å². The van der Waals surface area contributed by atoms with Gasteiger partial charge in [-0.15, -0.1) is 5.10 Å². The Kier molecular flexibility index (Phi) is 4.99. The smallest absolute Gasteiger partial charge is 0.239 e. The lowest BCUT2D eigenvalue weighted by molar-refractivity contribution is 0.364. The van der Waals surface area contributed by atoms with E-state index in [1.165, 1.54) is 11.8 Å². The van der Waals surface area contributed by atoms with E-state index in [1.807, 2.05) is 52.8 Å². The molecule has 1 atom stereocenters. The van der Waals surface area contributed by atoms with Gasteiger partial charge in [-0.2, -0.15) is 9.67 Å². The predicted molar refractivity (Wildman–Crippen MR) is 97.7 cm³/mol. The molecule has 0 radical (unpaired) electrons. The second kappa shape index (κ2) is 7.06. The molecule has 0 aliphatic carbocycles. The van der Waals surface area contributed by atoms with Crippen LogP contribution in [-0.4, -0.2) is 37.5 Å². The molecule has 1 unspecified atom stereocenters. The zero-order valence-electron chi connectivity index (χ0n) is 15.7. The first kappa shape index (κ1) is 18.4. The highest BCUT2D eigenvalue weighted by atomic mass is 32.2. The third-order valence-electron chi connectivity index (χ3n) is 3.75. The summed E-state index contributed by atoms with van der Waals surface area (Å²) in [6, 6.07) is 5.86. The number of methoxy groups -OCH3 is 1. The van der Waals surface area contributed by atoms with Crippen molar-refractivity contribution in [1.29, 1.82) is 0 Å². The van der Waals surface area contributed by atoms with Gasteiger partial charge in [-0.05, 0) is 42.0 Å². The van der Waals surface area contributed by atoms with Crippen LogP contribution in [0, 0.1) is 6.92 Å². The number of benzene rings is 1. The highest BCUT2D eigenvalue weighted by Crippen LogP contribution is 2.35. The molecule has 0 amide bonds. The Bertz CT molecular complexity index is 899. The number of aromatic nitrogens is 6. The van der Waals surface area contributed by atoms with Crippen molar-refractivity contribution in [3.05, 3.63) is 35.5 Å². The van der Waals surface area contributed by atoms with E-state index in [4.69, 9.17) is 9.26 Å². The van der Waals surface area contributed by atoms with Crippen LogP contribution in [0.3, 0.4) is 0 Å². The van der Waals surface area contributed by atoms with Gasteiger partial charge in [0.25, 0.3) is 0 Å². The van der Waals surface area contributed by atoms with Crippen molar-refractivity contribution in [1.82, 2.24) is 30.3 Å². The summed E-state index contributed by atoms with van der Waals surface area (Å²) in [5.74, 6) is 1.93. The van der Waals surface area contributed by atoms with Gasteiger partial charge in [0.15, 0.2) is 5.82 Å². The minimum atomic E-state index is -0.164. The summed E-state index contributed by atoms with van der Waals surface area (Å²) in [7, 11) is 1.63. The molecule has 2 heterocycles. The van der Waals surface area contributed by atoms with Gasteiger partial charge in [0.2, 0.25) is 11.0 Å². The Morgan fingerprint density at radius 3 is 2.69 bits per heavy atom. The molecule has 0 saturated heterocycles. The number of thioether (sulfide) groups is 1. The summed E-state index contributed by atoms with van der Waals surface area (Å²) in [5, 5.41) is 16.7. The van der Waals surface area contributed by atoms with Crippen LogP contribution < -0.4 is 4.74 Å². The van der Waals surface area contributed by atoms with Crippen LogP contribution in [-0.2, 0) is 5.41 Å². The summed E-state index contributed by atoms with van der Waals surface area (Å²) in [6.07, 6.45) is 0. The molecule has 0 saturated carbocycles. The van der Waals surface area contributed by atoms with Gasteiger partial charge in [0.05, 0.1) is 12.4 Å². The Labute approximate surface area is 156 Å². The van der Waals surface area contributed by atoms with Gasteiger partial charge in [-0.1, -0.05) is 43.8 Å². The Morgan fingerprint density at radius 2 is 2.04 bits per heavy atom. The molecule has 138 valence electrons. The fraction of sp³-hybridized carbons (Fsp3) is 0.471. The van der Waals surface area contributed by atoms with Crippen LogP contribution in [0.1, 0.15) is 50.2 Å². The first-order valence-corrected chi connectivity index (χ1v) is 9.11. The van der Waals surface area contributed by atoms with Gasteiger partial charge < -0.3 is 9.26 Å². The highest BCUT2D eigenvalue weighted by Gasteiger charge is 2.25. The molecule has 0 spiro atoms. The molecule has 0 aliphatic rings. The molecule has 8 nitrogen and oxygen atoms in total. The number of rotatable bonds is 5. The third-order valence-corrected chi connectivity index (χ3v) is 4.77. The van der Waals surface area contributed by atoms with Crippen LogP contribution in [0.25, 0.3) is 5.69 Å². The topological polar surface area (TPSA) is 91.8 Å². The largest absolute Gasteiger partial charge is 0.494 e. The molecular formula is C17H22N6O2S. The number of nitrogens with zero attached hydrogens (tertiary/aromatic N) is 6. The van der Waals surface area contributed by atoms with Crippen molar-refractivity contribution in [3.63, 3.8) is 0 Å². The Balaban J connectivity index is 1.88. The highest BCUT2D eigenvalue weighted by molar-refractivity contribution is 7.99. The summed E-state index contributed by atoms with van der Waals surface area (Å²) < 4.78 is 12.5. The lowest BCUT2D eigenvalue weighted by Gasteiger charge is -2.12. The van der Waals surface area contributed by atoms with Crippen LogP contribution in [0.15, 0.2) is 27.9 Å². The van der Waals surface area contributed by atoms with Crippen LogP contribution in [0.4, 0.5) is 0 Å². The number of tetrazole rings is 1. The van der Waals surface area contributed by atoms with Crippen LogP contribution in [0.2, 0.25) is 0 Å². The molecular weight excluding hydrogens is 352 g/mol. The zero-order valence-corrected chi connectivity index (χ0v) is 16.5. The Hall–Kier alpha value is -2.42. The van der Waals surface area contributed by atoms with Crippen LogP contribution in [0.5, 0.6) is 5.75 Å². The second-order valence-electron chi connectivity index (χ2n) is 7.01. The molecule has 9 heteroatoms. The quantitative estimate of drug-likeness (QED) is 0.627. The number of hydrogen-bond acceptors (Lipinski definition) is 8. The van der Waals surface area contributed by atoms with E-state index in [1.54, 1.807) is 11.8 Å². The summed E-state index contributed by atoms with van der Waals surface area (Å²) in [4.78, 5) is 4.51. The van der Waals surface area contributed by atoms with Gasteiger partial charge in [0.1, 0.15) is 11.4 Å². The van der Waals surface area contributed by atoms with E-state index < -0.39 is 0 Å². The van der Waals surface area contributed by atoms with E-state index in [0.29, 0.717) is 22.6 Å². The molecule has 0 aliphatic heterocycles. The SMILES string of the molecule is COc1ccc(C)cc1-n1nnnc1SC(C)c1nc(C(C)(C)C)no1. The Morgan fingerprint density at radius 1 is 1.27 bits per heavy atom. The maximum atomic E-state index is 5.44. The van der Waals surface area contributed by atoms with Crippen molar-refractivity contribution >= 4 is 11.8 Å². The van der Waals surface area contributed by atoms with Gasteiger partial charge in [-0.25, -0.2) is 0 Å². The number of ether oxygens (including phenoxy) is 1. The predicted octanol–water partition coefficient (Wildman–Crippen LogP) is 3.51. The molecule has 26 heavy (non-hydrogen) atoms. The second-order valence-corrected chi connectivity index (χ2v) is 8.32. The molecule has 3 rings (SSSR count). The summed E-state index contributed by atoms with van der Waals surface area (Å²) in [6.45, 7) is 10.1. The zero-order chi connectivity index (χ0) is 18.9. The molecule has 0 N–H and O–H groups in total. The maximum Gasteiger partial charge on any atom is 0.239 e. The normalized spacial score (nSPS) is 13.0. The number of aryl methyl sites for hydroxylation is 1. The third kappa shape index (κ3) is 3.72. The average molecular weight is 374 g/mol. The lowest BCUT2D eigenvalue weighted by Crippen LogP contribution is -2.13. The minimum absolute atomic E-state index is 0.0980. The van der Waals surface area contributed by atoms with Crippen molar-refractivity contribution in [3.8, 4) is 11.4 Å².